The molecule has 1 saturated heterocycles. The standard InChI is InChI=1S/C12H13N5O/c18-12(10-8-14-16-15-10)17-6-2-4-11(17)9-3-1-5-13-7-9/h1,3,5,7-8,11H,2,4,6H2,(H,14,15,16). The van der Waals surface area contributed by atoms with Crippen molar-refractivity contribution in [2.24, 2.45) is 0 Å². The van der Waals surface area contributed by atoms with Gasteiger partial charge >= 0.3 is 0 Å². The molecule has 1 fully saturated rings. The molecule has 0 aromatic carbocycles. The molecule has 6 nitrogen and oxygen atoms in total. The summed E-state index contributed by atoms with van der Waals surface area (Å²) in [6.45, 7) is 0.755. The first kappa shape index (κ1) is 10.9. The van der Waals surface area contributed by atoms with Crippen LogP contribution in [0.1, 0.15) is 34.9 Å². The molecule has 2 aromatic heterocycles. The van der Waals surface area contributed by atoms with Crippen molar-refractivity contribution < 1.29 is 4.79 Å². The minimum Gasteiger partial charge on any atom is -0.330 e. The third-order valence-electron chi connectivity index (χ3n) is 3.22. The fraction of sp³-hybridized carbons (Fsp3) is 0.333. The van der Waals surface area contributed by atoms with Crippen molar-refractivity contribution in [2.45, 2.75) is 18.9 Å². The van der Waals surface area contributed by atoms with Gasteiger partial charge in [0.1, 0.15) is 0 Å². The Kier molecular flexibility index (Phi) is 2.76. The number of aromatic nitrogens is 4. The van der Waals surface area contributed by atoms with E-state index in [1.54, 1.807) is 6.20 Å². The fourth-order valence-electron chi connectivity index (χ4n) is 2.38. The molecular weight excluding hydrogens is 230 g/mol. The summed E-state index contributed by atoms with van der Waals surface area (Å²) >= 11 is 0. The van der Waals surface area contributed by atoms with Crippen LogP contribution in [0.5, 0.6) is 0 Å². The number of H-pyrrole nitrogens is 1. The van der Waals surface area contributed by atoms with Gasteiger partial charge in [-0.15, -0.1) is 0 Å². The van der Waals surface area contributed by atoms with Crippen LogP contribution >= 0.6 is 0 Å². The quantitative estimate of drug-likeness (QED) is 0.859. The average molecular weight is 243 g/mol. The minimum absolute atomic E-state index is 0.0740. The van der Waals surface area contributed by atoms with Crippen LogP contribution in [0.15, 0.2) is 30.7 Å². The summed E-state index contributed by atoms with van der Waals surface area (Å²) in [6, 6.07) is 4.00. The van der Waals surface area contributed by atoms with Gasteiger partial charge in [0.25, 0.3) is 5.91 Å². The lowest BCUT2D eigenvalue weighted by Gasteiger charge is -2.23. The van der Waals surface area contributed by atoms with Gasteiger partial charge in [-0.1, -0.05) is 6.07 Å². The van der Waals surface area contributed by atoms with Crippen molar-refractivity contribution in [2.75, 3.05) is 6.54 Å². The molecule has 0 saturated carbocycles. The van der Waals surface area contributed by atoms with E-state index in [1.165, 1.54) is 6.20 Å². The number of carbonyl (C=O) groups excluding carboxylic acids is 1. The van der Waals surface area contributed by atoms with E-state index in [9.17, 15) is 4.79 Å². The number of amides is 1. The maximum Gasteiger partial charge on any atom is 0.276 e. The molecule has 1 aliphatic heterocycles. The summed E-state index contributed by atoms with van der Waals surface area (Å²) < 4.78 is 0. The van der Waals surface area contributed by atoms with Crippen molar-refractivity contribution >= 4 is 5.91 Å². The van der Waals surface area contributed by atoms with Gasteiger partial charge in [-0.25, -0.2) is 0 Å². The number of nitrogens with one attached hydrogen (secondary N) is 1. The number of pyridine rings is 1. The number of carbonyl (C=O) groups is 1. The van der Waals surface area contributed by atoms with Crippen molar-refractivity contribution in [3.05, 3.63) is 42.0 Å². The molecule has 3 heterocycles. The molecule has 92 valence electrons. The van der Waals surface area contributed by atoms with E-state index in [4.69, 9.17) is 0 Å². The maximum absolute atomic E-state index is 12.3. The van der Waals surface area contributed by atoms with Crippen LogP contribution in [0, 0.1) is 0 Å². The van der Waals surface area contributed by atoms with Gasteiger partial charge in [0.05, 0.1) is 12.2 Å². The fourth-order valence-corrected chi connectivity index (χ4v) is 2.38. The zero-order valence-electron chi connectivity index (χ0n) is 9.78. The first-order valence-corrected chi connectivity index (χ1v) is 5.93. The van der Waals surface area contributed by atoms with Crippen LogP contribution in [0.2, 0.25) is 0 Å². The molecule has 0 bridgehead atoms. The van der Waals surface area contributed by atoms with E-state index >= 15 is 0 Å². The van der Waals surface area contributed by atoms with E-state index < -0.39 is 0 Å². The van der Waals surface area contributed by atoms with E-state index in [-0.39, 0.29) is 11.9 Å². The van der Waals surface area contributed by atoms with E-state index in [1.807, 2.05) is 23.2 Å². The molecule has 1 aliphatic rings. The highest BCUT2D eigenvalue weighted by Gasteiger charge is 2.31. The van der Waals surface area contributed by atoms with E-state index in [0.717, 1.165) is 24.9 Å². The van der Waals surface area contributed by atoms with Crippen LogP contribution in [-0.4, -0.2) is 37.7 Å². The molecule has 1 atom stereocenters. The van der Waals surface area contributed by atoms with Gasteiger partial charge in [0.15, 0.2) is 5.69 Å². The molecule has 3 rings (SSSR count). The molecule has 6 heteroatoms. The van der Waals surface area contributed by atoms with Gasteiger partial charge in [0.2, 0.25) is 0 Å². The molecule has 0 radical (unpaired) electrons. The van der Waals surface area contributed by atoms with Crippen LogP contribution in [0.3, 0.4) is 0 Å². The summed E-state index contributed by atoms with van der Waals surface area (Å²) in [4.78, 5) is 18.2. The highest BCUT2D eigenvalue weighted by Crippen LogP contribution is 2.32. The highest BCUT2D eigenvalue weighted by molar-refractivity contribution is 5.92. The monoisotopic (exact) mass is 243 g/mol. The second kappa shape index (κ2) is 4.56. The third-order valence-corrected chi connectivity index (χ3v) is 3.22. The Morgan fingerprint density at radius 1 is 1.44 bits per heavy atom. The molecule has 0 aliphatic carbocycles. The number of rotatable bonds is 2. The van der Waals surface area contributed by atoms with Gasteiger partial charge in [-0.2, -0.15) is 15.4 Å². The summed E-state index contributed by atoms with van der Waals surface area (Å²) in [6.07, 6.45) is 6.99. The predicted molar refractivity (Wildman–Crippen MR) is 63.6 cm³/mol. The topological polar surface area (TPSA) is 74.8 Å². The Labute approximate surface area is 104 Å². The summed E-state index contributed by atoms with van der Waals surface area (Å²) in [5, 5.41) is 9.99. The van der Waals surface area contributed by atoms with Gasteiger partial charge in [-0.05, 0) is 24.5 Å². The van der Waals surface area contributed by atoms with E-state index in [2.05, 4.69) is 20.4 Å². The SMILES string of the molecule is O=C(c1cn[nH]n1)N1CCCC1c1cccnc1. The Bertz CT molecular complexity index is 525. The average Bonchev–Trinajstić information content (AvgIpc) is 3.10. The smallest absolute Gasteiger partial charge is 0.276 e. The lowest BCUT2D eigenvalue weighted by atomic mass is 10.1. The molecule has 1 unspecified atom stereocenters. The lowest BCUT2D eigenvalue weighted by Crippen LogP contribution is -2.30. The van der Waals surface area contributed by atoms with Crippen molar-refractivity contribution in [1.82, 2.24) is 25.3 Å². The highest BCUT2D eigenvalue weighted by atomic mass is 16.2. The van der Waals surface area contributed by atoms with Gasteiger partial charge < -0.3 is 4.90 Å². The molecule has 1 N–H and O–H groups in total. The van der Waals surface area contributed by atoms with Crippen molar-refractivity contribution in [3.63, 3.8) is 0 Å². The predicted octanol–water partition coefficient (Wildman–Crippen LogP) is 1.18. The summed E-state index contributed by atoms with van der Waals surface area (Å²) in [5.41, 5.74) is 1.44. The first-order valence-electron chi connectivity index (χ1n) is 5.93. The van der Waals surface area contributed by atoms with Crippen LogP contribution in [0.25, 0.3) is 0 Å². The third kappa shape index (κ3) is 1.85. The Balaban J connectivity index is 1.86. The second-order valence-electron chi connectivity index (χ2n) is 4.30. The molecule has 2 aromatic rings. The Morgan fingerprint density at radius 2 is 2.39 bits per heavy atom. The molecule has 1 amide bonds. The number of hydrogen-bond donors (Lipinski definition) is 1. The first-order chi connectivity index (χ1) is 8.86. The number of hydrogen-bond acceptors (Lipinski definition) is 4. The molecular formula is C12H13N5O. The molecule has 18 heavy (non-hydrogen) atoms. The number of aromatic amines is 1. The zero-order valence-corrected chi connectivity index (χ0v) is 9.78. The zero-order chi connectivity index (χ0) is 12.4. The minimum atomic E-state index is -0.0740. The van der Waals surface area contributed by atoms with Crippen molar-refractivity contribution in [3.8, 4) is 0 Å². The summed E-state index contributed by atoms with van der Waals surface area (Å²) in [7, 11) is 0. The van der Waals surface area contributed by atoms with Gasteiger partial charge in [-0.3, -0.25) is 9.78 Å². The normalized spacial score (nSPS) is 19.1. The maximum atomic E-state index is 12.3. The van der Waals surface area contributed by atoms with Crippen LogP contribution in [0.4, 0.5) is 0 Å². The van der Waals surface area contributed by atoms with Crippen molar-refractivity contribution in [1.29, 1.82) is 0 Å². The Morgan fingerprint density at radius 3 is 3.11 bits per heavy atom. The lowest BCUT2D eigenvalue weighted by molar-refractivity contribution is 0.0729. The Hall–Kier alpha value is -2.24. The summed E-state index contributed by atoms with van der Waals surface area (Å²) in [5.74, 6) is -0.0740. The number of nitrogens with zero attached hydrogens (tertiary/aromatic N) is 4. The largest absolute Gasteiger partial charge is 0.330 e. The van der Waals surface area contributed by atoms with Crippen LogP contribution in [-0.2, 0) is 0 Å². The molecule has 0 spiro atoms. The second-order valence-corrected chi connectivity index (χ2v) is 4.30. The number of likely N-dealkylation sites (tertiary alicyclic amines) is 1. The van der Waals surface area contributed by atoms with Gasteiger partial charge in [0, 0.05) is 18.9 Å². The van der Waals surface area contributed by atoms with E-state index in [0.29, 0.717) is 5.69 Å². The van der Waals surface area contributed by atoms with Crippen LogP contribution < -0.4 is 0 Å².